The third-order valence-electron chi connectivity index (χ3n) is 3.60. The number of amides is 1. The van der Waals surface area contributed by atoms with Crippen LogP contribution in [0.25, 0.3) is 5.82 Å². The van der Waals surface area contributed by atoms with Crippen LogP contribution in [-0.4, -0.2) is 38.6 Å². The molecule has 2 aromatic heterocycles. The molecule has 0 spiro atoms. The largest absolute Gasteiger partial charge is 0.484 e. The minimum absolute atomic E-state index is 0.0842. The molecule has 0 aliphatic heterocycles. The predicted molar refractivity (Wildman–Crippen MR) is 95.3 cm³/mol. The molecule has 26 heavy (non-hydrogen) atoms. The van der Waals surface area contributed by atoms with Gasteiger partial charge in [-0.1, -0.05) is 12.1 Å². The van der Waals surface area contributed by atoms with Crippen LogP contribution in [0.4, 0.5) is 0 Å². The monoisotopic (exact) mass is 353 g/mol. The molecule has 8 nitrogen and oxygen atoms in total. The molecule has 0 atom stereocenters. The second-order valence-electron chi connectivity index (χ2n) is 5.66. The van der Waals surface area contributed by atoms with Crippen LogP contribution in [0.3, 0.4) is 0 Å². The van der Waals surface area contributed by atoms with Gasteiger partial charge in [-0.2, -0.15) is 5.10 Å². The van der Waals surface area contributed by atoms with Crippen molar-refractivity contribution in [2.24, 2.45) is 0 Å². The Balaban J connectivity index is 1.50. The van der Waals surface area contributed by atoms with Gasteiger partial charge >= 0.3 is 0 Å². The van der Waals surface area contributed by atoms with E-state index < -0.39 is 0 Å². The SMILES string of the molecule is Cc1cccc(OCC(=O)NCCn2nc(-n3cccn3)ccc2=O)c1. The lowest BCUT2D eigenvalue weighted by Gasteiger charge is -2.09. The van der Waals surface area contributed by atoms with Gasteiger partial charge in [-0.25, -0.2) is 9.36 Å². The molecule has 0 radical (unpaired) electrons. The van der Waals surface area contributed by atoms with Crippen LogP contribution < -0.4 is 15.6 Å². The van der Waals surface area contributed by atoms with E-state index >= 15 is 0 Å². The summed E-state index contributed by atoms with van der Waals surface area (Å²) in [5.41, 5.74) is 0.816. The molecule has 1 N–H and O–H groups in total. The van der Waals surface area contributed by atoms with Crippen LogP contribution in [-0.2, 0) is 11.3 Å². The van der Waals surface area contributed by atoms with Gasteiger partial charge in [0.15, 0.2) is 12.4 Å². The molecule has 0 bridgehead atoms. The Morgan fingerprint density at radius 1 is 1.23 bits per heavy atom. The number of aromatic nitrogens is 4. The molecule has 0 aliphatic carbocycles. The number of nitrogens with one attached hydrogen (secondary N) is 1. The first-order chi connectivity index (χ1) is 12.6. The lowest BCUT2D eigenvalue weighted by molar-refractivity contribution is -0.123. The van der Waals surface area contributed by atoms with E-state index in [-0.39, 0.29) is 31.2 Å². The molecule has 0 fully saturated rings. The van der Waals surface area contributed by atoms with Crippen molar-refractivity contribution in [1.82, 2.24) is 24.9 Å². The number of nitrogens with zero attached hydrogens (tertiary/aromatic N) is 4. The number of carbonyl (C=O) groups is 1. The van der Waals surface area contributed by atoms with Crippen LogP contribution >= 0.6 is 0 Å². The summed E-state index contributed by atoms with van der Waals surface area (Å²) in [6.45, 7) is 2.39. The maximum atomic E-state index is 11.9. The first-order valence-electron chi connectivity index (χ1n) is 8.16. The number of carbonyl (C=O) groups excluding carboxylic acids is 1. The molecule has 3 aromatic rings. The van der Waals surface area contributed by atoms with Crippen molar-refractivity contribution >= 4 is 5.91 Å². The van der Waals surface area contributed by atoms with E-state index in [4.69, 9.17) is 4.74 Å². The Morgan fingerprint density at radius 2 is 2.12 bits per heavy atom. The van der Waals surface area contributed by atoms with Gasteiger partial charge in [0.25, 0.3) is 11.5 Å². The molecule has 2 heterocycles. The van der Waals surface area contributed by atoms with E-state index in [1.54, 1.807) is 35.3 Å². The van der Waals surface area contributed by atoms with E-state index in [0.29, 0.717) is 11.6 Å². The number of benzene rings is 1. The molecule has 0 saturated carbocycles. The average molecular weight is 353 g/mol. The van der Waals surface area contributed by atoms with Gasteiger partial charge in [0.05, 0.1) is 6.54 Å². The third-order valence-corrected chi connectivity index (χ3v) is 3.60. The zero-order valence-electron chi connectivity index (χ0n) is 14.3. The van der Waals surface area contributed by atoms with Crippen LogP contribution in [0, 0.1) is 6.92 Å². The Morgan fingerprint density at radius 3 is 2.88 bits per heavy atom. The molecule has 1 amide bonds. The first-order valence-corrected chi connectivity index (χ1v) is 8.16. The van der Waals surface area contributed by atoms with Crippen molar-refractivity contribution in [3.8, 4) is 11.6 Å². The zero-order valence-corrected chi connectivity index (χ0v) is 14.3. The fourth-order valence-electron chi connectivity index (χ4n) is 2.33. The van der Waals surface area contributed by atoms with Gasteiger partial charge in [-0.3, -0.25) is 9.59 Å². The van der Waals surface area contributed by atoms with Crippen LogP contribution in [0.1, 0.15) is 5.56 Å². The summed E-state index contributed by atoms with van der Waals surface area (Å²) in [7, 11) is 0. The van der Waals surface area contributed by atoms with Crippen LogP contribution in [0.5, 0.6) is 5.75 Å². The lowest BCUT2D eigenvalue weighted by Crippen LogP contribution is -2.34. The highest BCUT2D eigenvalue weighted by atomic mass is 16.5. The Kier molecular flexibility index (Phi) is 5.43. The maximum Gasteiger partial charge on any atom is 0.266 e. The molecule has 0 aliphatic rings. The molecule has 0 unspecified atom stereocenters. The van der Waals surface area contributed by atoms with Crippen molar-refractivity contribution in [3.63, 3.8) is 0 Å². The predicted octanol–water partition coefficient (Wildman–Crippen LogP) is 0.933. The smallest absolute Gasteiger partial charge is 0.266 e. The minimum atomic E-state index is -0.261. The molecule has 8 heteroatoms. The minimum Gasteiger partial charge on any atom is -0.484 e. The summed E-state index contributed by atoms with van der Waals surface area (Å²) in [4.78, 5) is 23.8. The standard InChI is InChI=1S/C18H19N5O3/c1-14-4-2-5-15(12-14)26-13-17(24)19-9-11-23-18(25)7-6-16(21-23)22-10-3-8-20-22/h2-8,10,12H,9,11,13H2,1H3,(H,19,24). The van der Waals surface area contributed by atoms with Crippen molar-refractivity contribution in [3.05, 3.63) is 70.8 Å². The van der Waals surface area contributed by atoms with E-state index in [2.05, 4.69) is 15.5 Å². The summed E-state index contributed by atoms with van der Waals surface area (Å²) in [5, 5.41) is 11.0. The highest BCUT2D eigenvalue weighted by Gasteiger charge is 2.05. The molecule has 3 rings (SSSR count). The number of hydrogen-bond donors (Lipinski definition) is 1. The zero-order chi connectivity index (χ0) is 18.4. The Hall–Kier alpha value is -3.42. The highest BCUT2D eigenvalue weighted by Crippen LogP contribution is 2.11. The van der Waals surface area contributed by atoms with Crippen molar-refractivity contribution in [1.29, 1.82) is 0 Å². The van der Waals surface area contributed by atoms with Gasteiger partial charge < -0.3 is 10.1 Å². The average Bonchev–Trinajstić information content (AvgIpc) is 3.16. The molecule has 0 saturated heterocycles. The maximum absolute atomic E-state index is 11.9. The lowest BCUT2D eigenvalue weighted by atomic mass is 10.2. The van der Waals surface area contributed by atoms with Crippen LogP contribution in [0.2, 0.25) is 0 Å². The van der Waals surface area contributed by atoms with E-state index in [9.17, 15) is 9.59 Å². The van der Waals surface area contributed by atoms with Crippen molar-refractivity contribution < 1.29 is 9.53 Å². The van der Waals surface area contributed by atoms with Crippen molar-refractivity contribution in [2.45, 2.75) is 13.5 Å². The third kappa shape index (κ3) is 4.56. The van der Waals surface area contributed by atoms with E-state index in [1.165, 1.54) is 10.7 Å². The normalized spacial score (nSPS) is 10.5. The molecular formula is C18H19N5O3. The van der Waals surface area contributed by atoms with E-state index in [1.807, 2.05) is 25.1 Å². The summed E-state index contributed by atoms with van der Waals surface area (Å²) in [5.74, 6) is 0.913. The van der Waals surface area contributed by atoms with Crippen LogP contribution in [0.15, 0.2) is 59.7 Å². The topological polar surface area (TPSA) is 91.0 Å². The number of rotatable bonds is 7. The van der Waals surface area contributed by atoms with Gasteiger partial charge in [0.1, 0.15) is 5.75 Å². The Bertz CT molecular complexity index is 934. The van der Waals surface area contributed by atoms with Gasteiger partial charge in [-0.15, -0.1) is 5.10 Å². The number of aryl methyl sites for hydroxylation is 1. The molecular weight excluding hydrogens is 334 g/mol. The highest BCUT2D eigenvalue weighted by molar-refractivity contribution is 5.77. The summed E-state index contributed by atoms with van der Waals surface area (Å²) in [6, 6.07) is 12.3. The summed E-state index contributed by atoms with van der Waals surface area (Å²) >= 11 is 0. The van der Waals surface area contributed by atoms with Gasteiger partial charge in [-0.05, 0) is 36.8 Å². The summed E-state index contributed by atoms with van der Waals surface area (Å²) < 4.78 is 8.29. The second kappa shape index (κ2) is 8.11. The van der Waals surface area contributed by atoms with Gasteiger partial charge in [0, 0.05) is 25.0 Å². The number of ether oxygens (including phenoxy) is 1. The second-order valence-corrected chi connectivity index (χ2v) is 5.66. The molecule has 1 aromatic carbocycles. The molecule has 134 valence electrons. The fourth-order valence-corrected chi connectivity index (χ4v) is 2.33. The Labute approximate surface area is 150 Å². The fraction of sp³-hybridized carbons (Fsp3) is 0.222. The van der Waals surface area contributed by atoms with Gasteiger partial charge in [0.2, 0.25) is 0 Å². The van der Waals surface area contributed by atoms with E-state index in [0.717, 1.165) is 5.56 Å². The summed E-state index contributed by atoms with van der Waals surface area (Å²) in [6.07, 6.45) is 3.37. The van der Waals surface area contributed by atoms with Crippen molar-refractivity contribution in [2.75, 3.05) is 13.2 Å². The number of hydrogen-bond acceptors (Lipinski definition) is 5. The first kappa shape index (κ1) is 17.4. The quantitative estimate of drug-likeness (QED) is 0.682.